The fourth-order valence-corrected chi connectivity index (χ4v) is 2.69. The summed E-state index contributed by atoms with van der Waals surface area (Å²) in [6, 6.07) is 11.5. The van der Waals surface area contributed by atoms with Gasteiger partial charge in [-0.2, -0.15) is 0 Å². The molecule has 5 heteroatoms. The number of alkyl halides is 1. The smallest absolute Gasteiger partial charge is 0.158 e. The van der Waals surface area contributed by atoms with Crippen LogP contribution in [0.4, 0.5) is 10.2 Å². The van der Waals surface area contributed by atoms with Crippen molar-refractivity contribution in [1.29, 1.82) is 0 Å². The molecule has 0 aliphatic carbocycles. The van der Waals surface area contributed by atoms with Crippen LogP contribution in [-0.2, 0) is 0 Å². The van der Waals surface area contributed by atoms with Crippen LogP contribution in [0, 0.1) is 12.3 Å². The second kappa shape index (κ2) is 5.33. The predicted octanol–water partition coefficient (Wildman–Crippen LogP) is 2.83. The van der Waals surface area contributed by atoms with Crippen molar-refractivity contribution in [2.45, 2.75) is 6.17 Å². The number of pyridine rings is 1. The molecule has 0 atom stereocenters. The van der Waals surface area contributed by atoms with E-state index in [1.165, 1.54) is 6.33 Å². The Hall–Kier alpha value is -3.00. The maximum Gasteiger partial charge on any atom is 0.158 e. The predicted molar refractivity (Wildman–Crippen MR) is 87.8 cm³/mol. The van der Waals surface area contributed by atoms with Crippen molar-refractivity contribution in [2.75, 3.05) is 18.0 Å². The standard InChI is InChI=1S/C18H13FN4/c1-2-12-4-3-5-13(8-12)15-6-7-16-17(22-15)18(21-11-20-16)23-9-14(19)10-23/h1,3-8,11,14H,9-10H2. The lowest BCUT2D eigenvalue weighted by atomic mass is 10.1. The van der Waals surface area contributed by atoms with Gasteiger partial charge >= 0.3 is 0 Å². The first kappa shape index (κ1) is 13.6. The van der Waals surface area contributed by atoms with Gasteiger partial charge in [-0.1, -0.05) is 18.1 Å². The van der Waals surface area contributed by atoms with Crippen LogP contribution in [0.25, 0.3) is 22.3 Å². The molecule has 3 aromatic rings. The summed E-state index contributed by atoms with van der Waals surface area (Å²) in [5, 5.41) is 0. The number of hydrogen-bond acceptors (Lipinski definition) is 4. The number of benzene rings is 1. The van der Waals surface area contributed by atoms with Crippen molar-refractivity contribution in [1.82, 2.24) is 15.0 Å². The molecule has 0 unspecified atom stereocenters. The largest absolute Gasteiger partial charge is 0.349 e. The molecule has 0 bridgehead atoms. The van der Waals surface area contributed by atoms with Crippen molar-refractivity contribution in [3.63, 3.8) is 0 Å². The Bertz CT molecular complexity index is 926. The van der Waals surface area contributed by atoms with Gasteiger partial charge in [-0.15, -0.1) is 6.42 Å². The number of nitrogens with zero attached hydrogens (tertiary/aromatic N) is 4. The lowest BCUT2D eigenvalue weighted by molar-refractivity contribution is 0.274. The summed E-state index contributed by atoms with van der Waals surface area (Å²) >= 11 is 0. The van der Waals surface area contributed by atoms with Gasteiger partial charge in [0.25, 0.3) is 0 Å². The van der Waals surface area contributed by atoms with Gasteiger partial charge in [0.15, 0.2) is 5.82 Å². The lowest BCUT2D eigenvalue weighted by Gasteiger charge is -2.35. The van der Waals surface area contributed by atoms with Crippen LogP contribution in [0.5, 0.6) is 0 Å². The van der Waals surface area contributed by atoms with E-state index < -0.39 is 6.17 Å². The summed E-state index contributed by atoms with van der Waals surface area (Å²) < 4.78 is 13.2. The summed E-state index contributed by atoms with van der Waals surface area (Å²) in [4.78, 5) is 15.1. The summed E-state index contributed by atoms with van der Waals surface area (Å²) in [6.45, 7) is 0.704. The molecule has 1 aliphatic rings. The first-order valence-electron chi connectivity index (χ1n) is 7.32. The highest BCUT2D eigenvalue weighted by Gasteiger charge is 2.29. The molecule has 0 amide bonds. The van der Waals surface area contributed by atoms with Gasteiger partial charge in [0.1, 0.15) is 18.0 Å². The number of halogens is 1. The summed E-state index contributed by atoms with van der Waals surface area (Å²) in [6.07, 6.45) is 6.15. The fraction of sp³-hybridized carbons (Fsp3) is 0.167. The Morgan fingerprint density at radius 3 is 2.83 bits per heavy atom. The Morgan fingerprint density at radius 2 is 2.04 bits per heavy atom. The van der Waals surface area contributed by atoms with Crippen molar-refractivity contribution < 1.29 is 4.39 Å². The number of terminal acetylenes is 1. The minimum absolute atomic E-state index is 0.352. The van der Waals surface area contributed by atoms with Crippen LogP contribution in [0.2, 0.25) is 0 Å². The number of aromatic nitrogens is 3. The maximum atomic E-state index is 13.2. The second-order valence-electron chi connectivity index (χ2n) is 5.49. The zero-order chi connectivity index (χ0) is 15.8. The fourth-order valence-electron chi connectivity index (χ4n) is 2.69. The molecule has 0 saturated carbocycles. The molecule has 1 fully saturated rings. The van der Waals surface area contributed by atoms with Gasteiger partial charge in [0.2, 0.25) is 0 Å². The van der Waals surface area contributed by atoms with Crippen LogP contribution in [0.15, 0.2) is 42.7 Å². The molecule has 0 radical (unpaired) electrons. The molecule has 3 heterocycles. The van der Waals surface area contributed by atoms with Gasteiger partial charge < -0.3 is 4.90 Å². The highest BCUT2D eigenvalue weighted by Crippen LogP contribution is 2.28. The molecule has 112 valence electrons. The zero-order valence-corrected chi connectivity index (χ0v) is 12.3. The monoisotopic (exact) mass is 304 g/mol. The number of rotatable bonds is 2. The van der Waals surface area contributed by atoms with Gasteiger partial charge in [0.05, 0.1) is 24.3 Å². The molecule has 4 rings (SSSR count). The molecule has 0 spiro atoms. The van der Waals surface area contributed by atoms with Crippen molar-refractivity contribution in [2.24, 2.45) is 0 Å². The Balaban J connectivity index is 1.83. The number of hydrogen-bond donors (Lipinski definition) is 0. The maximum absolute atomic E-state index is 13.2. The highest BCUT2D eigenvalue weighted by atomic mass is 19.1. The van der Waals surface area contributed by atoms with Gasteiger partial charge in [-0.3, -0.25) is 0 Å². The molecular weight excluding hydrogens is 291 g/mol. The van der Waals surface area contributed by atoms with E-state index in [-0.39, 0.29) is 0 Å². The normalized spacial score (nSPS) is 14.5. The lowest BCUT2D eigenvalue weighted by Crippen LogP contribution is -2.49. The van der Waals surface area contributed by atoms with Crippen LogP contribution in [0.1, 0.15) is 5.56 Å². The first-order valence-corrected chi connectivity index (χ1v) is 7.32. The quantitative estimate of drug-likeness (QED) is 0.683. The average molecular weight is 304 g/mol. The SMILES string of the molecule is C#Cc1cccc(-c2ccc3ncnc(N4CC(F)C4)c3n2)c1. The van der Waals surface area contributed by atoms with E-state index in [0.29, 0.717) is 24.4 Å². The highest BCUT2D eigenvalue weighted by molar-refractivity contribution is 5.87. The van der Waals surface area contributed by atoms with Crippen molar-refractivity contribution in [3.8, 4) is 23.6 Å². The summed E-state index contributed by atoms with van der Waals surface area (Å²) in [7, 11) is 0. The molecule has 23 heavy (non-hydrogen) atoms. The van der Waals surface area contributed by atoms with E-state index >= 15 is 0 Å². The minimum atomic E-state index is -0.796. The van der Waals surface area contributed by atoms with E-state index in [1.807, 2.05) is 41.3 Å². The molecule has 1 aliphatic heterocycles. The van der Waals surface area contributed by atoms with Crippen molar-refractivity contribution in [3.05, 3.63) is 48.3 Å². The molecule has 4 nitrogen and oxygen atoms in total. The third-order valence-corrected chi connectivity index (χ3v) is 3.92. The van der Waals surface area contributed by atoms with E-state index in [2.05, 4.69) is 15.9 Å². The van der Waals surface area contributed by atoms with Crippen molar-refractivity contribution >= 4 is 16.9 Å². The number of anilines is 1. The minimum Gasteiger partial charge on any atom is -0.349 e. The van der Waals surface area contributed by atoms with Crippen LogP contribution >= 0.6 is 0 Å². The molecular formula is C18H13FN4. The second-order valence-corrected chi connectivity index (χ2v) is 5.49. The van der Waals surface area contributed by atoms with Gasteiger partial charge in [-0.25, -0.2) is 19.3 Å². The first-order chi connectivity index (χ1) is 11.2. The van der Waals surface area contributed by atoms with Gasteiger partial charge in [0, 0.05) is 11.1 Å². The summed E-state index contributed by atoms with van der Waals surface area (Å²) in [5.74, 6) is 3.30. The Labute approximate surface area is 133 Å². The van der Waals surface area contributed by atoms with E-state index in [0.717, 1.165) is 22.3 Å². The van der Waals surface area contributed by atoms with E-state index in [9.17, 15) is 4.39 Å². The Kier molecular flexibility index (Phi) is 3.16. The Morgan fingerprint density at radius 1 is 1.17 bits per heavy atom. The van der Waals surface area contributed by atoms with Gasteiger partial charge in [-0.05, 0) is 24.3 Å². The van der Waals surface area contributed by atoms with Crippen LogP contribution in [-0.4, -0.2) is 34.2 Å². The third-order valence-electron chi connectivity index (χ3n) is 3.92. The zero-order valence-electron chi connectivity index (χ0n) is 12.3. The average Bonchev–Trinajstić information content (AvgIpc) is 2.58. The van der Waals surface area contributed by atoms with E-state index in [4.69, 9.17) is 11.4 Å². The number of fused-ring (bicyclic) bond motifs is 1. The summed E-state index contributed by atoms with van der Waals surface area (Å²) in [5.41, 5.74) is 3.96. The molecule has 2 aromatic heterocycles. The van der Waals surface area contributed by atoms with E-state index in [1.54, 1.807) is 0 Å². The van der Waals surface area contributed by atoms with Crippen LogP contribution in [0.3, 0.4) is 0 Å². The van der Waals surface area contributed by atoms with Crippen LogP contribution < -0.4 is 4.90 Å². The topological polar surface area (TPSA) is 41.9 Å². The third kappa shape index (κ3) is 2.38. The molecule has 1 aromatic carbocycles. The molecule has 1 saturated heterocycles. The molecule has 0 N–H and O–H groups in total.